The lowest BCUT2D eigenvalue weighted by Gasteiger charge is -2.01. The van der Waals surface area contributed by atoms with Gasteiger partial charge in [-0.25, -0.2) is 0 Å². The summed E-state index contributed by atoms with van der Waals surface area (Å²) in [6.07, 6.45) is 7.65. The second kappa shape index (κ2) is 8.74. The van der Waals surface area contributed by atoms with Crippen LogP contribution < -0.4 is 0 Å². The maximum atomic E-state index is 10.1. The molecule has 0 heterocycles. The van der Waals surface area contributed by atoms with E-state index in [1.54, 1.807) is 0 Å². The standard InChI is InChI=1S/C14H21NO2/c16-15(17)13-9-4-2-1-3-6-10-14-11-7-5-8-12-14/h5,7-8,11-12H,1-4,6,9-10,13H2. The molecule has 0 saturated carbocycles. The molecule has 0 fully saturated rings. The summed E-state index contributed by atoms with van der Waals surface area (Å²) in [5.41, 5.74) is 1.40. The minimum Gasteiger partial charge on any atom is -0.265 e. The van der Waals surface area contributed by atoms with E-state index in [0.717, 1.165) is 25.7 Å². The summed E-state index contributed by atoms with van der Waals surface area (Å²) in [7, 11) is 0. The third-order valence-corrected chi connectivity index (χ3v) is 2.90. The predicted molar refractivity (Wildman–Crippen MR) is 69.7 cm³/mol. The third kappa shape index (κ3) is 7.50. The van der Waals surface area contributed by atoms with Gasteiger partial charge in [0.15, 0.2) is 0 Å². The molecule has 3 heteroatoms. The van der Waals surface area contributed by atoms with E-state index in [4.69, 9.17) is 0 Å². The molecule has 0 aliphatic heterocycles. The lowest BCUT2D eigenvalue weighted by atomic mass is 10.1. The highest BCUT2D eigenvalue weighted by Crippen LogP contribution is 2.09. The molecule has 0 bridgehead atoms. The van der Waals surface area contributed by atoms with Crippen LogP contribution in [0.3, 0.4) is 0 Å². The fourth-order valence-corrected chi connectivity index (χ4v) is 1.92. The summed E-state index contributed by atoms with van der Waals surface area (Å²) in [6.45, 7) is 0.129. The molecule has 17 heavy (non-hydrogen) atoms. The first-order chi connectivity index (χ1) is 8.29. The molecule has 0 aliphatic carbocycles. The smallest absolute Gasteiger partial charge is 0.203 e. The van der Waals surface area contributed by atoms with Crippen LogP contribution in [0.5, 0.6) is 0 Å². The molecule has 0 aromatic heterocycles. The molecular weight excluding hydrogens is 214 g/mol. The second-order valence-electron chi connectivity index (χ2n) is 4.41. The van der Waals surface area contributed by atoms with Gasteiger partial charge in [-0.2, -0.15) is 0 Å². The van der Waals surface area contributed by atoms with Crippen molar-refractivity contribution in [1.82, 2.24) is 0 Å². The molecule has 0 aliphatic rings. The molecule has 0 radical (unpaired) electrons. The Balaban J connectivity index is 1.90. The van der Waals surface area contributed by atoms with E-state index in [-0.39, 0.29) is 11.5 Å². The molecule has 1 aromatic carbocycles. The minimum absolute atomic E-state index is 0.129. The van der Waals surface area contributed by atoms with Crippen molar-refractivity contribution in [3.05, 3.63) is 46.0 Å². The van der Waals surface area contributed by atoms with E-state index in [1.165, 1.54) is 24.8 Å². The van der Waals surface area contributed by atoms with Gasteiger partial charge in [-0.15, -0.1) is 0 Å². The fraction of sp³-hybridized carbons (Fsp3) is 0.571. The number of aryl methyl sites for hydroxylation is 1. The van der Waals surface area contributed by atoms with Gasteiger partial charge in [0.25, 0.3) is 0 Å². The third-order valence-electron chi connectivity index (χ3n) is 2.90. The van der Waals surface area contributed by atoms with Gasteiger partial charge in [0.05, 0.1) is 0 Å². The SMILES string of the molecule is O=[N+]([O-])CCCCCCCCc1ccccc1. The van der Waals surface area contributed by atoms with Crippen molar-refractivity contribution in [1.29, 1.82) is 0 Å². The Hall–Kier alpha value is -1.38. The van der Waals surface area contributed by atoms with Crippen molar-refractivity contribution < 1.29 is 4.92 Å². The molecule has 0 atom stereocenters. The van der Waals surface area contributed by atoms with Gasteiger partial charge in [0.2, 0.25) is 6.54 Å². The van der Waals surface area contributed by atoms with Gasteiger partial charge in [0, 0.05) is 11.3 Å². The fourth-order valence-electron chi connectivity index (χ4n) is 1.92. The van der Waals surface area contributed by atoms with Gasteiger partial charge in [-0.05, 0) is 24.8 Å². The molecule has 1 rings (SSSR count). The van der Waals surface area contributed by atoms with E-state index in [9.17, 15) is 10.1 Å². The first kappa shape index (κ1) is 13.7. The first-order valence-electron chi connectivity index (χ1n) is 6.45. The highest BCUT2D eigenvalue weighted by Gasteiger charge is 1.97. The zero-order valence-electron chi connectivity index (χ0n) is 10.3. The maximum absolute atomic E-state index is 10.1. The van der Waals surface area contributed by atoms with Gasteiger partial charge >= 0.3 is 0 Å². The number of nitro groups is 1. The van der Waals surface area contributed by atoms with Crippen LogP contribution in [0.1, 0.15) is 44.1 Å². The van der Waals surface area contributed by atoms with Crippen LogP contribution in [0, 0.1) is 10.1 Å². The topological polar surface area (TPSA) is 43.1 Å². The van der Waals surface area contributed by atoms with Crippen LogP contribution >= 0.6 is 0 Å². The number of hydrogen-bond acceptors (Lipinski definition) is 2. The quantitative estimate of drug-likeness (QED) is 0.370. The van der Waals surface area contributed by atoms with Crippen LogP contribution in [0.2, 0.25) is 0 Å². The molecule has 0 N–H and O–H groups in total. The molecule has 0 amide bonds. The van der Waals surface area contributed by atoms with Crippen LogP contribution in [0.4, 0.5) is 0 Å². The molecular formula is C14H21NO2. The number of benzene rings is 1. The second-order valence-corrected chi connectivity index (χ2v) is 4.41. The Kier molecular flexibility index (Phi) is 7.03. The molecule has 0 saturated heterocycles. The van der Waals surface area contributed by atoms with Crippen molar-refractivity contribution in [2.24, 2.45) is 0 Å². The van der Waals surface area contributed by atoms with Gasteiger partial charge in [0.1, 0.15) is 0 Å². The number of nitrogens with zero attached hydrogens (tertiary/aromatic N) is 1. The van der Waals surface area contributed by atoms with Crippen LogP contribution in [0.15, 0.2) is 30.3 Å². The summed E-state index contributed by atoms with van der Waals surface area (Å²) >= 11 is 0. The maximum Gasteiger partial charge on any atom is 0.203 e. The van der Waals surface area contributed by atoms with Gasteiger partial charge in [-0.3, -0.25) is 10.1 Å². The van der Waals surface area contributed by atoms with Crippen LogP contribution in [-0.2, 0) is 6.42 Å². The summed E-state index contributed by atoms with van der Waals surface area (Å²) in [6, 6.07) is 10.5. The molecule has 0 spiro atoms. The zero-order chi connectivity index (χ0) is 12.3. The largest absolute Gasteiger partial charge is 0.265 e. The van der Waals surface area contributed by atoms with Crippen LogP contribution in [-0.4, -0.2) is 11.5 Å². The number of unbranched alkanes of at least 4 members (excludes halogenated alkanes) is 5. The Bertz CT molecular complexity index is 311. The van der Waals surface area contributed by atoms with E-state index in [2.05, 4.69) is 24.3 Å². The number of rotatable bonds is 9. The summed E-state index contributed by atoms with van der Waals surface area (Å²) in [5.74, 6) is 0. The van der Waals surface area contributed by atoms with E-state index < -0.39 is 0 Å². The van der Waals surface area contributed by atoms with E-state index in [1.807, 2.05) is 6.07 Å². The lowest BCUT2D eigenvalue weighted by molar-refractivity contribution is -0.480. The molecule has 3 nitrogen and oxygen atoms in total. The van der Waals surface area contributed by atoms with Crippen LogP contribution in [0.25, 0.3) is 0 Å². The predicted octanol–water partition coefficient (Wildman–Crippen LogP) is 3.85. The van der Waals surface area contributed by atoms with E-state index in [0.29, 0.717) is 0 Å². The molecule has 0 unspecified atom stereocenters. The molecule has 1 aromatic rings. The van der Waals surface area contributed by atoms with Crippen molar-refractivity contribution in [2.75, 3.05) is 6.54 Å². The lowest BCUT2D eigenvalue weighted by Crippen LogP contribution is -1.99. The Morgan fingerprint density at radius 3 is 2.12 bits per heavy atom. The van der Waals surface area contributed by atoms with Gasteiger partial charge < -0.3 is 0 Å². The Morgan fingerprint density at radius 1 is 0.882 bits per heavy atom. The molecule has 94 valence electrons. The average molecular weight is 235 g/mol. The van der Waals surface area contributed by atoms with Crippen molar-refractivity contribution in [2.45, 2.75) is 44.9 Å². The minimum atomic E-state index is -0.227. The Morgan fingerprint density at radius 2 is 1.47 bits per heavy atom. The normalized spacial score (nSPS) is 10.4. The van der Waals surface area contributed by atoms with E-state index >= 15 is 0 Å². The number of hydrogen-bond donors (Lipinski definition) is 0. The highest BCUT2D eigenvalue weighted by molar-refractivity contribution is 5.14. The summed E-state index contributed by atoms with van der Waals surface area (Å²) in [5, 5.41) is 10.1. The highest BCUT2D eigenvalue weighted by atomic mass is 16.6. The van der Waals surface area contributed by atoms with Crippen molar-refractivity contribution in [3.63, 3.8) is 0 Å². The van der Waals surface area contributed by atoms with Crippen molar-refractivity contribution in [3.8, 4) is 0 Å². The average Bonchev–Trinajstić information content (AvgIpc) is 2.33. The van der Waals surface area contributed by atoms with Gasteiger partial charge in [-0.1, -0.05) is 49.6 Å². The zero-order valence-corrected chi connectivity index (χ0v) is 10.3. The monoisotopic (exact) mass is 235 g/mol. The summed E-state index contributed by atoms with van der Waals surface area (Å²) in [4.78, 5) is 9.87. The Labute approximate surface area is 103 Å². The first-order valence-corrected chi connectivity index (χ1v) is 6.45. The van der Waals surface area contributed by atoms with Crippen molar-refractivity contribution >= 4 is 0 Å². The summed E-state index contributed by atoms with van der Waals surface area (Å²) < 4.78 is 0.